The van der Waals surface area contributed by atoms with Gasteiger partial charge in [-0.05, 0) is 77.5 Å². The maximum atomic E-state index is 12.9. The highest BCUT2D eigenvalue weighted by molar-refractivity contribution is 8.18. The second-order valence-electron chi connectivity index (χ2n) is 8.37. The number of thioether (sulfide) groups is 1. The first-order chi connectivity index (χ1) is 19.2. The van der Waals surface area contributed by atoms with E-state index in [0.717, 1.165) is 10.5 Å². The van der Waals surface area contributed by atoms with Crippen molar-refractivity contribution < 1.29 is 38.5 Å². The second-order valence-corrected chi connectivity index (χ2v) is 9.77. The van der Waals surface area contributed by atoms with Crippen molar-refractivity contribution in [1.82, 2.24) is 4.90 Å². The SMILES string of the molecule is COc1ccc(NC(=O)CN2C(=O)S/C(=C/c3cc(Cl)c(OCc4ccc(C(=O)O)cc4)c(OC)c3)C2=O)cc1. The van der Waals surface area contributed by atoms with E-state index in [1.165, 1.54) is 32.4 Å². The number of rotatable bonds is 10. The molecule has 2 N–H and O–H groups in total. The number of aromatic carboxylic acids is 1. The molecule has 4 rings (SSSR count). The summed E-state index contributed by atoms with van der Waals surface area (Å²) in [4.78, 5) is 49.9. The summed E-state index contributed by atoms with van der Waals surface area (Å²) in [6.07, 6.45) is 1.48. The molecule has 0 bridgehead atoms. The van der Waals surface area contributed by atoms with Crippen LogP contribution in [0.3, 0.4) is 0 Å². The van der Waals surface area contributed by atoms with Gasteiger partial charge in [-0.15, -0.1) is 0 Å². The first kappa shape index (κ1) is 28.5. The molecule has 3 aromatic rings. The van der Waals surface area contributed by atoms with Crippen LogP contribution in [0.15, 0.2) is 65.6 Å². The summed E-state index contributed by atoms with van der Waals surface area (Å²) in [5, 5.41) is 11.3. The van der Waals surface area contributed by atoms with Crippen molar-refractivity contribution in [2.75, 3.05) is 26.1 Å². The molecule has 1 aliphatic rings. The number of carboxylic acid groups (broad SMARTS) is 1. The van der Waals surface area contributed by atoms with Gasteiger partial charge in [0, 0.05) is 5.69 Å². The molecular formula is C28H23ClN2O8S. The van der Waals surface area contributed by atoms with Gasteiger partial charge in [0.25, 0.3) is 11.1 Å². The zero-order chi connectivity index (χ0) is 28.8. The van der Waals surface area contributed by atoms with Crippen LogP contribution in [0.4, 0.5) is 10.5 Å². The van der Waals surface area contributed by atoms with Gasteiger partial charge in [-0.1, -0.05) is 23.7 Å². The lowest BCUT2D eigenvalue weighted by molar-refractivity contribution is -0.127. The number of methoxy groups -OCH3 is 2. The van der Waals surface area contributed by atoms with Crippen LogP contribution >= 0.6 is 23.4 Å². The van der Waals surface area contributed by atoms with Crippen LogP contribution in [-0.2, 0) is 16.2 Å². The number of nitrogens with zero attached hydrogens (tertiary/aromatic N) is 1. The van der Waals surface area contributed by atoms with Gasteiger partial charge < -0.3 is 24.6 Å². The number of carboxylic acids is 1. The Morgan fingerprint density at radius 2 is 1.73 bits per heavy atom. The summed E-state index contributed by atoms with van der Waals surface area (Å²) < 4.78 is 16.3. The Balaban J connectivity index is 1.44. The standard InChI is InChI=1S/C28H23ClN2O8S/c1-37-20-9-7-19(8-10-20)30-24(32)14-31-26(33)23(40-28(31)36)13-17-11-21(29)25(22(12-17)38-2)39-15-16-3-5-18(6-4-16)27(34)35/h3-13H,14-15H2,1-2H3,(H,30,32)(H,34,35)/b23-13+. The highest BCUT2D eigenvalue weighted by Crippen LogP contribution is 2.39. The molecule has 0 aromatic heterocycles. The number of ether oxygens (including phenoxy) is 3. The smallest absolute Gasteiger partial charge is 0.335 e. The summed E-state index contributed by atoms with van der Waals surface area (Å²) in [5.74, 6) is -0.997. The Hall–Kier alpha value is -4.48. The Morgan fingerprint density at radius 1 is 1.02 bits per heavy atom. The molecule has 1 saturated heterocycles. The number of hydrogen-bond donors (Lipinski definition) is 2. The lowest BCUT2D eigenvalue weighted by atomic mass is 10.1. The van der Waals surface area contributed by atoms with Crippen molar-refractivity contribution >= 4 is 58.1 Å². The number of nitrogens with one attached hydrogen (secondary N) is 1. The van der Waals surface area contributed by atoms with Crippen molar-refractivity contribution in [3.05, 3.63) is 87.3 Å². The summed E-state index contributed by atoms with van der Waals surface area (Å²) in [5.41, 5.74) is 1.85. The predicted molar refractivity (Wildman–Crippen MR) is 150 cm³/mol. The van der Waals surface area contributed by atoms with Gasteiger partial charge in [-0.3, -0.25) is 19.3 Å². The predicted octanol–water partition coefficient (Wildman–Crippen LogP) is 5.31. The minimum absolute atomic E-state index is 0.104. The third-order valence-electron chi connectivity index (χ3n) is 5.68. The van der Waals surface area contributed by atoms with Gasteiger partial charge in [0.05, 0.1) is 29.7 Å². The lowest BCUT2D eigenvalue weighted by Crippen LogP contribution is -2.36. The highest BCUT2D eigenvalue weighted by Gasteiger charge is 2.36. The van der Waals surface area contributed by atoms with Crippen LogP contribution in [0.2, 0.25) is 5.02 Å². The van der Waals surface area contributed by atoms with Gasteiger partial charge in [0.1, 0.15) is 18.9 Å². The Kier molecular flexibility index (Phi) is 8.97. The van der Waals surface area contributed by atoms with E-state index in [4.69, 9.17) is 30.9 Å². The minimum Gasteiger partial charge on any atom is -0.497 e. The van der Waals surface area contributed by atoms with Crippen LogP contribution in [0.1, 0.15) is 21.5 Å². The average molecular weight is 583 g/mol. The minimum atomic E-state index is -1.03. The van der Waals surface area contributed by atoms with Gasteiger partial charge >= 0.3 is 5.97 Å². The molecule has 1 fully saturated rings. The van der Waals surface area contributed by atoms with Gasteiger partial charge in [-0.2, -0.15) is 0 Å². The molecule has 40 heavy (non-hydrogen) atoms. The molecule has 0 spiro atoms. The molecule has 1 aliphatic heterocycles. The third kappa shape index (κ3) is 6.74. The van der Waals surface area contributed by atoms with Crippen molar-refractivity contribution in [1.29, 1.82) is 0 Å². The molecule has 0 aliphatic carbocycles. The molecule has 1 heterocycles. The van der Waals surface area contributed by atoms with Gasteiger partial charge in [0.2, 0.25) is 5.91 Å². The van der Waals surface area contributed by atoms with Crippen molar-refractivity contribution in [3.63, 3.8) is 0 Å². The van der Waals surface area contributed by atoms with Crippen LogP contribution in [-0.4, -0.2) is 53.8 Å². The fourth-order valence-electron chi connectivity index (χ4n) is 3.67. The molecule has 206 valence electrons. The molecule has 0 radical (unpaired) electrons. The maximum Gasteiger partial charge on any atom is 0.335 e. The molecular weight excluding hydrogens is 560 g/mol. The molecule has 10 nitrogen and oxygen atoms in total. The molecule has 0 saturated carbocycles. The van der Waals surface area contributed by atoms with Crippen LogP contribution in [0, 0.1) is 0 Å². The van der Waals surface area contributed by atoms with Gasteiger partial charge in [0.15, 0.2) is 11.5 Å². The summed E-state index contributed by atoms with van der Waals surface area (Å²) in [7, 11) is 2.96. The number of anilines is 1. The largest absolute Gasteiger partial charge is 0.497 e. The van der Waals surface area contributed by atoms with E-state index in [1.807, 2.05) is 0 Å². The van der Waals surface area contributed by atoms with E-state index in [9.17, 15) is 19.2 Å². The second kappa shape index (κ2) is 12.6. The van der Waals surface area contributed by atoms with Crippen LogP contribution < -0.4 is 19.5 Å². The van der Waals surface area contributed by atoms with Crippen LogP contribution in [0.25, 0.3) is 6.08 Å². The van der Waals surface area contributed by atoms with Crippen molar-refractivity contribution in [2.45, 2.75) is 6.61 Å². The normalized spacial score (nSPS) is 13.9. The number of imide groups is 1. The summed E-state index contributed by atoms with van der Waals surface area (Å²) in [6.45, 7) is -0.342. The first-order valence-electron chi connectivity index (χ1n) is 11.7. The average Bonchev–Trinajstić information content (AvgIpc) is 3.19. The van der Waals surface area contributed by atoms with E-state index in [2.05, 4.69) is 5.32 Å². The Labute approximate surface area is 238 Å². The third-order valence-corrected chi connectivity index (χ3v) is 6.87. The number of carbonyl (C=O) groups excluding carboxylic acids is 3. The molecule has 12 heteroatoms. The molecule has 0 atom stereocenters. The van der Waals surface area contributed by atoms with E-state index in [-0.39, 0.29) is 27.8 Å². The van der Waals surface area contributed by atoms with Crippen LogP contribution in [0.5, 0.6) is 17.2 Å². The van der Waals surface area contributed by atoms with Crippen molar-refractivity contribution in [3.8, 4) is 17.2 Å². The quantitative estimate of drug-likeness (QED) is 0.305. The molecule has 3 aromatic carbocycles. The van der Waals surface area contributed by atoms with E-state index in [0.29, 0.717) is 34.5 Å². The monoisotopic (exact) mass is 582 g/mol. The Bertz CT molecular complexity index is 1490. The molecule has 0 unspecified atom stereocenters. The summed E-state index contributed by atoms with van der Waals surface area (Å²) in [6, 6.07) is 16.0. The summed E-state index contributed by atoms with van der Waals surface area (Å²) >= 11 is 7.16. The van der Waals surface area contributed by atoms with Crippen molar-refractivity contribution in [2.24, 2.45) is 0 Å². The number of benzene rings is 3. The number of amides is 3. The lowest BCUT2D eigenvalue weighted by Gasteiger charge is -2.14. The fourth-order valence-corrected chi connectivity index (χ4v) is 4.78. The topological polar surface area (TPSA) is 131 Å². The Morgan fingerprint density at radius 3 is 2.35 bits per heavy atom. The zero-order valence-corrected chi connectivity index (χ0v) is 22.9. The highest BCUT2D eigenvalue weighted by atomic mass is 35.5. The fraction of sp³-hybridized carbons (Fsp3) is 0.143. The number of halogens is 1. The van der Waals surface area contributed by atoms with Gasteiger partial charge in [-0.25, -0.2) is 4.79 Å². The number of hydrogen-bond acceptors (Lipinski definition) is 8. The van der Waals surface area contributed by atoms with E-state index >= 15 is 0 Å². The zero-order valence-electron chi connectivity index (χ0n) is 21.3. The maximum absolute atomic E-state index is 12.9. The molecule has 3 amide bonds. The first-order valence-corrected chi connectivity index (χ1v) is 12.9. The number of carbonyl (C=O) groups is 4. The van der Waals surface area contributed by atoms with E-state index in [1.54, 1.807) is 48.5 Å². The van der Waals surface area contributed by atoms with E-state index < -0.39 is 29.6 Å².